The van der Waals surface area contributed by atoms with Crippen molar-refractivity contribution in [3.63, 3.8) is 0 Å². The number of hydrogen-bond acceptors (Lipinski definition) is 7. The second kappa shape index (κ2) is 10.4. The van der Waals surface area contributed by atoms with Crippen LogP contribution in [0.3, 0.4) is 0 Å². The first-order chi connectivity index (χ1) is 17.1. The maximum absolute atomic E-state index is 12.8. The standard InChI is InChI=1S/C27H21N3O5/c1-33-26(31)23-24(29-30(25(23)27(32)34-2)21-12-4-3-5-13-21)18-11-8-14-22(15-18)35-17-20-10-7-6-9-19(20)16-28/h3-15H,17H2,1-2H3. The number of esters is 2. The molecule has 0 N–H and O–H groups in total. The molecule has 0 aliphatic rings. The Hall–Kier alpha value is -4.90. The molecule has 8 heteroatoms. The number of methoxy groups -OCH3 is 2. The fraction of sp³-hybridized carbons (Fsp3) is 0.111. The highest BCUT2D eigenvalue weighted by Crippen LogP contribution is 2.31. The Morgan fingerprint density at radius 1 is 0.914 bits per heavy atom. The molecule has 4 aromatic rings. The van der Waals surface area contributed by atoms with Crippen molar-refractivity contribution in [1.82, 2.24) is 9.78 Å². The van der Waals surface area contributed by atoms with Gasteiger partial charge in [0.2, 0.25) is 0 Å². The van der Waals surface area contributed by atoms with Gasteiger partial charge in [-0.2, -0.15) is 10.4 Å². The van der Waals surface area contributed by atoms with Crippen LogP contribution in [0.15, 0.2) is 78.9 Å². The number of ether oxygens (including phenoxy) is 3. The summed E-state index contributed by atoms with van der Waals surface area (Å²) in [6.07, 6.45) is 0. The molecule has 0 amide bonds. The molecule has 0 saturated carbocycles. The summed E-state index contributed by atoms with van der Waals surface area (Å²) in [6.45, 7) is 0.183. The van der Waals surface area contributed by atoms with Crippen LogP contribution in [0.5, 0.6) is 5.75 Å². The van der Waals surface area contributed by atoms with Crippen LogP contribution in [0.2, 0.25) is 0 Å². The van der Waals surface area contributed by atoms with Crippen molar-refractivity contribution < 1.29 is 23.8 Å². The third-order valence-corrected chi connectivity index (χ3v) is 5.29. The highest BCUT2D eigenvalue weighted by Gasteiger charge is 2.31. The lowest BCUT2D eigenvalue weighted by Gasteiger charge is -2.09. The Kier molecular flexibility index (Phi) is 6.88. The van der Waals surface area contributed by atoms with E-state index in [2.05, 4.69) is 11.2 Å². The molecule has 35 heavy (non-hydrogen) atoms. The number of rotatable bonds is 7. The van der Waals surface area contributed by atoms with E-state index in [0.717, 1.165) is 5.56 Å². The molecule has 0 atom stereocenters. The van der Waals surface area contributed by atoms with Gasteiger partial charge in [0.25, 0.3) is 0 Å². The quantitative estimate of drug-likeness (QED) is 0.367. The van der Waals surface area contributed by atoms with Crippen LogP contribution in [0.4, 0.5) is 0 Å². The second-order valence-corrected chi connectivity index (χ2v) is 7.39. The molecule has 0 aliphatic carbocycles. The first kappa shape index (κ1) is 23.3. The largest absolute Gasteiger partial charge is 0.489 e. The van der Waals surface area contributed by atoms with Gasteiger partial charge in [0.05, 0.1) is 31.5 Å². The summed E-state index contributed by atoms with van der Waals surface area (Å²) < 4.78 is 17.2. The first-order valence-corrected chi connectivity index (χ1v) is 10.6. The maximum Gasteiger partial charge on any atom is 0.357 e. The van der Waals surface area contributed by atoms with Gasteiger partial charge >= 0.3 is 11.9 Å². The van der Waals surface area contributed by atoms with Crippen molar-refractivity contribution >= 4 is 11.9 Å². The molecule has 0 aliphatic heterocycles. The van der Waals surface area contributed by atoms with Gasteiger partial charge in [-0.25, -0.2) is 14.3 Å². The summed E-state index contributed by atoms with van der Waals surface area (Å²) in [4.78, 5) is 25.6. The van der Waals surface area contributed by atoms with Gasteiger partial charge in [0.15, 0.2) is 5.69 Å². The molecular formula is C27H21N3O5. The fourth-order valence-electron chi connectivity index (χ4n) is 3.61. The van der Waals surface area contributed by atoms with E-state index in [0.29, 0.717) is 22.6 Å². The SMILES string of the molecule is COC(=O)c1c(-c2cccc(OCc3ccccc3C#N)c2)nn(-c2ccccc2)c1C(=O)OC. The monoisotopic (exact) mass is 467 g/mol. The maximum atomic E-state index is 12.8. The topological polar surface area (TPSA) is 103 Å². The highest BCUT2D eigenvalue weighted by molar-refractivity contribution is 6.06. The van der Waals surface area contributed by atoms with Gasteiger partial charge < -0.3 is 14.2 Å². The zero-order chi connectivity index (χ0) is 24.8. The van der Waals surface area contributed by atoms with E-state index in [-0.39, 0.29) is 23.6 Å². The molecule has 4 rings (SSSR count). The zero-order valence-corrected chi connectivity index (χ0v) is 19.1. The van der Waals surface area contributed by atoms with Gasteiger partial charge in [-0.1, -0.05) is 48.5 Å². The third kappa shape index (κ3) is 4.75. The number of carbonyl (C=O) groups excluding carboxylic acids is 2. The van der Waals surface area contributed by atoms with E-state index in [9.17, 15) is 14.9 Å². The Labute approximate surface area is 201 Å². The number of aromatic nitrogens is 2. The summed E-state index contributed by atoms with van der Waals surface area (Å²) in [6, 6.07) is 25.2. The summed E-state index contributed by atoms with van der Waals surface area (Å²) >= 11 is 0. The minimum absolute atomic E-state index is 0.0184. The summed E-state index contributed by atoms with van der Waals surface area (Å²) in [7, 11) is 2.47. The van der Waals surface area contributed by atoms with Crippen molar-refractivity contribution in [2.75, 3.05) is 14.2 Å². The summed E-state index contributed by atoms with van der Waals surface area (Å²) in [5.74, 6) is -0.953. The zero-order valence-electron chi connectivity index (χ0n) is 19.1. The Balaban J connectivity index is 1.79. The molecular weight excluding hydrogens is 446 g/mol. The van der Waals surface area contributed by atoms with E-state index in [4.69, 9.17) is 14.2 Å². The predicted molar refractivity (Wildman–Crippen MR) is 127 cm³/mol. The van der Waals surface area contributed by atoms with Crippen LogP contribution in [-0.4, -0.2) is 35.9 Å². The van der Waals surface area contributed by atoms with Gasteiger partial charge in [-0.15, -0.1) is 0 Å². The molecule has 1 aromatic heterocycles. The van der Waals surface area contributed by atoms with Crippen LogP contribution in [0.25, 0.3) is 16.9 Å². The van der Waals surface area contributed by atoms with E-state index >= 15 is 0 Å². The number of carbonyl (C=O) groups is 2. The first-order valence-electron chi connectivity index (χ1n) is 10.6. The van der Waals surface area contributed by atoms with Crippen LogP contribution >= 0.6 is 0 Å². The molecule has 0 bridgehead atoms. The minimum Gasteiger partial charge on any atom is -0.489 e. The molecule has 3 aromatic carbocycles. The second-order valence-electron chi connectivity index (χ2n) is 7.39. The lowest BCUT2D eigenvalue weighted by molar-refractivity contribution is 0.0549. The van der Waals surface area contributed by atoms with E-state index in [1.54, 1.807) is 60.7 Å². The number of para-hydroxylation sites is 1. The van der Waals surface area contributed by atoms with Crippen LogP contribution in [-0.2, 0) is 16.1 Å². The smallest absolute Gasteiger partial charge is 0.357 e. The van der Waals surface area contributed by atoms with Gasteiger partial charge in [0, 0.05) is 11.1 Å². The van der Waals surface area contributed by atoms with Crippen LogP contribution in [0.1, 0.15) is 32.0 Å². The van der Waals surface area contributed by atoms with Gasteiger partial charge in [-0.05, 0) is 30.3 Å². The lowest BCUT2D eigenvalue weighted by atomic mass is 10.1. The lowest BCUT2D eigenvalue weighted by Crippen LogP contribution is -2.15. The van der Waals surface area contributed by atoms with Crippen molar-refractivity contribution in [3.05, 3.63) is 101 Å². The fourth-order valence-corrected chi connectivity index (χ4v) is 3.61. The molecule has 1 heterocycles. The van der Waals surface area contributed by atoms with Crippen LogP contribution in [0, 0.1) is 11.3 Å². The van der Waals surface area contributed by atoms with Crippen molar-refractivity contribution in [3.8, 4) is 28.8 Å². The van der Waals surface area contributed by atoms with Crippen molar-refractivity contribution in [2.24, 2.45) is 0 Å². The van der Waals surface area contributed by atoms with Gasteiger partial charge in [0.1, 0.15) is 23.6 Å². The Morgan fingerprint density at radius 2 is 1.63 bits per heavy atom. The Morgan fingerprint density at radius 3 is 2.34 bits per heavy atom. The number of nitriles is 1. The summed E-state index contributed by atoms with van der Waals surface area (Å²) in [5.41, 5.74) is 2.56. The van der Waals surface area contributed by atoms with Gasteiger partial charge in [-0.3, -0.25) is 0 Å². The number of benzene rings is 3. The van der Waals surface area contributed by atoms with Crippen molar-refractivity contribution in [2.45, 2.75) is 6.61 Å². The molecule has 0 saturated heterocycles. The van der Waals surface area contributed by atoms with Crippen LogP contribution < -0.4 is 4.74 Å². The molecule has 0 fully saturated rings. The highest BCUT2D eigenvalue weighted by atomic mass is 16.5. The van der Waals surface area contributed by atoms with E-state index < -0.39 is 11.9 Å². The number of nitrogens with zero attached hydrogens (tertiary/aromatic N) is 3. The minimum atomic E-state index is -0.728. The summed E-state index contributed by atoms with van der Waals surface area (Å²) in [5, 5.41) is 13.9. The molecule has 0 unspecified atom stereocenters. The average molecular weight is 467 g/mol. The molecule has 0 spiro atoms. The molecule has 0 radical (unpaired) electrons. The average Bonchev–Trinajstić information content (AvgIpc) is 3.32. The van der Waals surface area contributed by atoms with Crippen molar-refractivity contribution in [1.29, 1.82) is 5.26 Å². The molecule has 174 valence electrons. The predicted octanol–water partition coefficient (Wildman–Crippen LogP) is 4.56. The van der Waals surface area contributed by atoms with E-state index in [1.807, 2.05) is 18.2 Å². The third-order valence-electron chi connectivity index (χ3n) is 5.29. The van der Waals surface area contributed by atoms with E-state index in [1.165, 1.54) is 18.9 Å². The molecule has 8 nitrogen and oxygen atoms in total. The normalized spacial score (nSPS) is 10.3. The Bertz CT molecular complexity index is 1420. The number of hydrogen-bond donors (Lipinski definition) is 0.